The number of benzene rings is 6. The number of fused-ring (bicyclic) bond motifs is 5. The van der Waals surface area contributed by atoms with Crippen molar-refractivity contribution in [2.45, 2.75) is 6.42 Å². The van der Waals surface area contributed by atoms with E-state index in [-0.39, 0.29) is 50.7 Å². The van der Waals surface area contributed by atoms with Crippen molar-refractivity contribution in [3.63, 3.8) is 0 Å². The molecule has 6 aromatic carbocycles. The van der Waals surface area contributed by atoms with Crippen LogP contribution in [0.4, 0.5) is 0 Å². The van der Waals surface area contributed by atoms with Crippen LogP contribution in [0.5, 0.6) is 0 Å². The average molecular weight is 667 g/mol. The number of halogens is 2. The van der Waals surface area contributed by atoms with Crippen LogP contribution in [-0.2, 0) is 32.3 Å². The van der Waals surface area contributed by atoms with Gasteiger partial charge in [0.1, 0.15) is 0 Å². The van der Waals surface area contributed by atoms with Gasteiger partial charge >= 0.3 is 0 Å². The maximum atomic E-state index is 3.77. The Kier molecular flexibility index (Phi) is 7.85. The van der Waals surface area contributed by atoms with Gasteiger partial charge in [-0.15, -0.1) is 29.3 Å². The van der Waals surface area contributed by atoms with Gasteiger partial charge in [0, 0.05) is 25.8 Å². The SMILES string of the molecule is [Cl-].[Cl-].[Hf].[c-]1c(-c2cccc3ccccc23)ccc2c1Cc1cc(-c3cccc4ccccc34)ccc1-2. The van der Waals surface area contributed by atoms with Crippen molar-refractivity contribution >= 4 is 21.5 Å². The molecule has 0 bridgehead atoms. The zero-order valence-electron chi connectivity index (χ0n) is 19.4. The summed E-state index contributed by atoms with van der Waals surface area (Å²) in [6.45, 7) is 0. The fraction of sp³-hybridized carbons (Fsp3) is 0.0303. The molecule has 0 fully saturated rings. The van der Waals surface area contributed by atoms with Crippen LogP contribution in [0.25, 0.3) is 54.9 Å². The van der Waals surface area contributed by atoms with Crippen LogP contribution in [0.1, 0.15) is 11.1 Å². The van der Waals surface area contributed by atoms with Gasteiger partial charge in [-0.3, -0.25) is 0 Å². The summed E-state index contributed by atoms with van der Waals surface area (Å²) in [4.78, 5) is 0. The van der Waals surface area contributed by atoms with E-state index in [1.807, 2.05) is 0 Å². The maximum absolute atomic E-state index is 3.77. The summed E-state index contributed by atoms with van der Waals surface area (Å²) in [6, 6.07) is 45.6. The zero-order valence-corrected chi connectivity index (χ0v) is 24.5. The van der Waals surface area contributed by atoms with Gasteiger partial charge in [0.05, 0.1) is 0 Å². The molecule has 0 saturated carbocycles. The predicted octanol–water partition coefficient (Wildman–Crippen LogP) is 2.70. The Morgan fingerprint density at radius 2 is 1.08 bits per heavy atom. The molecule has 0 unspecified atom stereocenters. The van der Waals surface area contributed by atoms with E-state index in [0.29, 0.717) is 0 Å². The van der Waals surface area contributed by atoms with Crippen molar-refractivity contribution in [2.24, 2.45) is 0 Å². The van der Waals surface area contributed by atoms with Crippen LogP contribution >= 0.6 is 0 Å². The first-order valence-corrected chi connectivity index (χ1v) is 11.5. The smallest absolute Gasteiger partial charge is 0 e. The molecule has 1 aliphatic carbocycles. The van der Waals surface area contributed by atoms with E-state index in [1.165, 1.54) is 66.1 Å². The van der Waals surface area contributed by atoms with Crippen molar-refractivity contribution < 1.29 is 50.7 Å². The summed E-state index contributed by atoms with van der Waals surface area (Å²) >= 11 is 0. The second-order valence-electron chi connectivity index (χ2n) is 8.87. The molecule has 0 N–H and O–H groups in total. The molecule has 36 heavy (non-hydrogen) atoms. The molecule has 3 heteroatoms. The van der Waals surface area contributed by atoms with Crippen molar-refractivity contribution in [2.75, 3.05) is 0 Å². The van der Waals surface area contributed by atoms with Crippen LogP contribution in [-0.4, -0.2) is 0 Å². The van der Waals surface area contributed by atoms with E-state index < -0.39 is 0 Å². The van der Waals surface area contributed by atoms with Crippen LogP contribution in [0.3, 0.4) is 0 Å². The van der Waals surface area contributed by atoms with Crippen LogP contribution < -0.4 is 24.8 Å². The van der Waals surface area contributed by atoms with Crippen molar-refractivity contribution in [3.8, 4) is 33.4 Å². The standard InChI is InChI=1S/C33H21.2ClH.Hf/c1-3-11-28-22(7-1)9-5-13-30(28)24-15-17-32-26(19-24)21-27-20-25(16-18-33(27)32)31-14-6-10-23-8-2-4-12-29(23)31;;;/h1-19H,21H2;2*1H;/q-1;;;/p-2. The minimum atomic E-state index is 0. The van der Waals surface area contributed by atoms with Crippen LogP contribution in [0, 0.1) is 6.07 Å². The van der Waals surface area contributed by atoms with Crippen molar-refractivity contribution in [3.05, 3.63) is 132 Å². The molecule has 0 atom stereocenters. The molecule has 0 amide bonds. The molecule has 0 radical (unpaired) electrons. The van der Waals surface area contributed by atoms with Crippen LogP contribution in [0.15, 0.2) is 115 Å². The summed E-state index contributed by atoms with van der Waals surface area (Å²) < 4.78 is 0. The van der Waals surface area contributed by atoms with Gasteiger partial charge in [-0.05, 0) is 39.3 Å². The third-order valence-electron chi connectivity index (χ3n) is 6.97. The van der Waals surface area contributed by atoms with Crippen LogP contribution in [0.2, 0.25) is 0 Å². The molecule has 0 nitrogen and oxygen atoms in total. The molecule has 6 aromatic rings. The summed E-state index contributed by atoms with van der Waals surface area (Å²) in [5, 5.41) is 5.14. The third-order valence-corrected chi connectivity index (χ3v) is 6.97. The number of hydrogen-bond acceptors (Lipinski definition) is 0. The molecule has 1 aliphatic rings. The largest absolute Gasteiger partial charge is 1.00 e. The Bertz CT molecular complexity index is 1570. The van der Waals surface area contributed by atoms with Crippen molar-refractivity contribution in [1.82, 2.24) is 0 Å². The molecule has 0 aliphatic heterocycles. The van der Waals surface area contributed by atoms with Gasteiger partial charge in [-0.25, -0.2) is 0 Å². The molecular formula is C33H21Cl2Hf-3. The van der Waals surface area contributed by atoms with E-state index in [9.17, 15) is 0 Å². The van der Waals surface area contributed by atoms with Gasteiger partial charge in [-0.1, -0.05) is 125 Å². The molecule has 0 heterocycles. The average Bonchev–Trinajstić information content (AvgIpc) is 3.25. The summed E-state index contributed by atoms with van der Waals surface area (Å²) in [6.07, 6.45) is 0.932. The maximum Gasteiger partial charge on any atom is 0 e. The van der Waals surface area contributed by atoms with Gasteiger partial charge in [0.25, 0.3) is 0 Å². The molecule has 7 rings (SSSR count). The van der Waals surface area contributed by atoms with E-state index in [2.05, 4.69) is 121 Å². The van der Waals surface area contributed by atoms with E-state index in [4.69, 9.17) is 0 Å². The normalized spacial score (nSPS) is 11.1. The Morgan fingerprint density at radius 1 is 0.500 bits per heavy atom. The first kappa shape index (κ1) is 26.4. The number of hydrogen-bond donors (Lipinski definition) is 0. The molecule has 174 valence electrons. The topological polar surface area (TPSA) is 0 Å². The van der Waals surface area contributed by atoms with Gasteiger partial charge in [0.2, 0.25) is 0 Å². The monoisotopic (exact) mass is 667 g/mol. The molecular weight excluding hydrogens is 646 g/mol. The fourth-order valence-electron chi connectivity index (χ4n) is 5.39. The molecule has 0 spiro atoms. The predicted molar refractivity (Wildman–Crippen MR) is 139 cm³/mol. The Morgan fingerprint density at radius 3 is 1.81 bits per heavy atom. The van der Waals surface area contributed by atoms with E-state index >= 15 is 0 Å². The second kappa shape index (κ2) is 10.7. The fourth-order valence-corrected chi connectivity index (χ4v) is 5.39. The van der Waals surface area contributed by atoms with Gasteiger partial charge in [-0.2, -0.15) is 0 Å². The number of rotatable bonds is 2. The Hall–Kier alpha value is -2.71. The minimum absolute atomic E-state index is 0. The van der Waals surface area contributed by atoms with Crippen molar-refractivity contribution in [1.29, 1.82) is 0 Å². The molecule has 0 saturated heterocycles. The second-order valence-corrected chi connectivity index (χ2v) is 8.87. The summed E-state index contributed by atoms with van der Waals surface area (Å²) in [5.41, 5.74) is 10.4. The first-order valence-electron chi connectivity index (χ1n) is 11.5. The Balaban J connectivity index is 0.00000101. The van der Waals surface area contributed by atoms with Gasteiger partial charge in [0.15, 0.2) is 0 Å². The zero-order chi connectivity index (χ0) is 21.8. The van der Waals surface area contributed by atoms with Gasteiger partial charge < -0.3 is 24.8 Å². The molecule has 0 aromatic heterocycles. The minimum Gasteiger partial charge on any atom is -1.00 e. The third kappa shape index (κ3) is 4.34. The Labute approximate surface area is 243 Å². The summed E-state index contributed by atoms with van der Waals surface area (Å²) in [5.74, 6) is 0. The van der Waals surface area contributed by atoms with E-state index in [0.717, 1.165) is 6.42 Å². The first-order chi connectivity index (χ1) is 16.3. The van der Waals surface area contributed by atoms with E-state index in [1.54, 1.807) is 0 Å². The quantitative estimate of drug-likeness (QED) is 0.197. The summed E-state index contributed by atoms with van der Waals surface area (Å²) in [7, 11) is 0.